The molecular formula is C10H13N5S. The van der Waals surface area contributed by atoms with Crippen LogP contribution in [0.2, 0.25) is 0 Å². The molecule has 0 radical (unpaired) electrons. The van der Waals surface area contributed by atoms with Crippen molar-refractivity contribution in [2.75, 3.05) is 0 Å². The summed E-state index contributed by atoms with van der Waals surface area (Å²) in [4.78, 5) is 8.39. The Kier molecular flexibility index (Phi) is 3.53. The second-order valence-corrected chi connectivity index (χ2v) is 4.21. The van der Waals surface area contributed by atoms with E-state index < -0.39 is 0 Å². The summed E-state index contributed by atoms with van der Waals surface area (Å²) >= 11 is 1.63. The van der Waals surface area contributed by atoms with Gasteiger partial charge in [0.05, 0.1) is 5.69 Å². The second-order valence-electron chi connectivity index (χ2n) is 3.27. The maximum Gasteiger partial charge on any atom is 0.186 e. The lowest BCUT2D eigenvalue weighted by atomic mass is 10.2. The molecule has 2 aromatic rings. The molecule has 0 spiro atoms. The number of rotatable bonds is 4. The van der Waals surface area contributed by atoms with Crippen LogP contribution in [-0.4, -0.2) is 19.7 Å². The highest BCUT2D eigenvalue weighted by molar-refractivity contribution is 7.98. The van der Waals surface area contributed by atoms with Crippen LogP contribution in [0, 0.1) is 0 Å². The fourth-order valence-corrected chi connectivity index (χ4v) is 2.25. The summed E-state index contributed by atoms with van der Waals surface area (Å²) in [6, 6.07) is 3.96. The highest BCUT2D eigenvalue weighted by Crippen LogP contribution is 2.20. The molecule has 0 atom stereocenters. The third kappa shape index (κ3) is 2.40. The Balaban J connectivity index is 2.07. The van der Waals surface area contributed by atoms with E-state index in [1.807, 2.05) is 19.2 Å². The van der Waals surface area contributed by atoms with Gasteiger partial charge in [0.25, 0.3) is 0 Å². The Morgan fingerprint density at radius 1 is 1.44 bits per heavy atom. The van der Waals surface area contributed by atoms with Gasteiger partial charge < -0.3 is 5.73 Å². The van der Waals surface area contributed by atoms with Crippen molar-refractivity contribution in [2.45, 2.75) is 17.5 Å². The highest BCUT2D eigenvalue weighted by Gasteiger charge is 2.05. The Hall–Kier alpha value is -1.40. The maximum atomic E-state index is 5.62. The predicted molar refractivity (Wildman–Crippen MR) is 62.7 cm³/mol. The minimum Gasteiger partial charge on any atom is -0.325 e. The van der Waals surface area contributed by atoms with Crippen LogP contribution in [0.25, 0.3) is 0 Å². The molecule has 0 aromatic carbocycles. The first-order chi connectivity index (χ1) is 7.81. The van der Waals surface area contributed by atoms with Crippen molar-refractivity contribution in [1.82, 2.24) is 19.7 Å². The maximum absolute atomic E-state index is 5.62. The van der Waals surface area contributed by atoms with Crippen molar-refractivity contribution in [3.05, 3.63) is 35.9 Å². The molecule has 2 aromatic heterocycles. The van der Waals surface area contributed by atoms with Crippen molar-refractivity contribution >= 4 is 11.8 Å². The lowest BCUT2D eigenvalue weighted by Crippen LogP contribution is -2.03. The van der Waals surface area contributed by atoms with Crippen LogP contribution in [-0.2, 0) is 19.3 Å². The molecule has 6 heteroatoms. The smallest absolute Gasteiger partial charge is 0.186 e. The first kappa shape index (κ1) is 11.1. The molecule has 2 N–H and O–H groups in total. The zero-order valence-electron chi connectivity index (χ0n) is 9.00. The Bertz CT molecular complexity index is 468. The molecule has 2 heterocycles. The van der Waals surface area contributed by atoms with Crippen LogP contribution in [0.1, 0.15) is 11.3 Å². The van der Waals surface area contributed by atoms with Crippen molar-refractivity contribution in [3.63, 3.8) is 0 Å². The molecule has 0 saturated carbocycles. The zero-order valence-corrected chi connectivity index (χ0v) is 9.81. The van der Waals surface area contributed by atoms with Crippen LogP contribution in [0.4, 0.5) is 0 Å². The number of nitrogens with two attached hydrogens (primary N) is 1. The van der Waals surface area contributed by atoms with E-state index in [-0.39, 0.29) is 0 Å². The van der Waals surface area contributed by atoms with Gasteiger partial charge in [0.1, 0.15) is 6.33 Å². The Labute approximate surface area is 98.1 Å². The summed E-state index contributed by atoms with van der Waals surface area (Å²) in [6.07, 6.45) is 3.31. The number of hydrogen-bond acceptors (Lipinski definition) is 5. The zero-order chi connectivity index (χ0) is 11.4. The Morgan fingerprint density at radius 3 is 3.00 bits per heavy atom. The van der Waals surface area contributed by atoms with Crippen LogP contribution >= 0.6 is 11.8 Å². The summed E-state index contributed by atoms with van der Waals surface area (Å²) in [6.45, 7) is 0.468. The lowest BCUT2D eigenvalue weighted by molar-refractivity contribution is 0.685. The molecule has 0 saturated heterocycles. The van der Waals surface area contributed by atoms with Crippen molar-refractivity contribution in [1.29, 1.82) is 0 Å². The first-order valence-corrected chi connectivity index (χ1v) is 5.89. The summed E-state index contributed by atoms with van der Waals surface area (Å²) in [5.41, 5.74) is 7.72. The molecule has 0 aliphatic heterocycles. The summed E-state index contributed by atoms with van der Waals surface area (Å²) < 4.78 is 1.75. The molecule has 0 unspecified atom stereocenters. The summed E-state index contributed by atoms with van der Waals surface area (Å²) in [7, 11) is 1.88. The number of thioether (sulfide) groups is 1. The normalized spacial score (nSPS) is 10.6. The second kappa shape index (κ2) is 5.09. The van der Waals surface area contributed by atoms with Gasteiger partial charge in [0, 0.05) is 25.5 Å². The minimum absolute atomic E-state index is 0.468. The molecule has 2 rings (SSSR count). The van der Waals surface area contributed by atoms with E-state index in [9.17, 15) is 0 Å². The minimum atomic E-state index is 0.468. The van der Waals surface area contributed by atoms with Crippen molar-refractivity contribution < 1.29 is 0 Å². The molecule has 84 valence electrons. The first-order valence-electron chi connectivity index (χ1n) is 4.91. The average Bonchev–Trinajstić information content (AvgIpc) is 2.72. The van der Waals surface area contributed by atoms with Gasteiger partial charge in [0.15, 0.2) is 5.16 Å². The van der Waals surface area contributed by atoms with E-state index in [4.69, 9.17) is 5.73 Å². The SMILES string of the molecule is Cn1ncnc1SCc1cccnc1CN. The monoisotopic (exact) mass is 235 g/mol. The van der Waals surface area contributed by atoms with Gasteiger partial charge in [-0.1, -0.05) is 17.8 Å². The van der Waals surface area contributed by atoms with Gasteiger partial charge in [0.2, 0.25) is 0 Å². The number of aryl methyl sites for hydroxylation is 1. The van der Waals surface area contributed by atoms with Gasteiger partial charge in [-0.3, -0.25) is 4.98 Å². The van der Waals surface area contributed by atoms with Crippen molar-refractivity contribution in [2.24, 2.45) is 12.8 Å². The van der Waals surface area contributed by atoms with E-state index in [1.54, 1.807) is 29.0 Å². The molecule has 0 fully saturated rings. The molecule has 0 amide bonds. The molecule has 0 aliphatic rings. The third-order valence-electron chi connectivity index (χ3n) is 2.20. The topological polar surface area (TPSA) is 69.6 Å². The largest absolute Gasteiger partial charge is 0.325 e. The molecule has 0 aliphatic carbocycles. The fourth-order valence-electron chi connectivity index (χ4n) is 1.35. The van der Waals surface area contributed by atoms with E-state index in [0.717, 1.165) is 22.2 Å². The standard InChI is InChI=1S/C10H13N5S/c1-15-10(13-7-14-15)16-6-8-3-2-4-12-9(8)5-11/h2-4,7H,5-6,11H2,1H3. The van der Waals surface area contributed by atoms with Crippen LogP contribution in [0.3, 0.4) is 0 Å². The van der Waals surface area contributed by atoms with Gasteiger partial charge in [-0.15, -0.1) is 0 Å². The summed E-state index contributed by atoms with van der Waals surface area (Å²) in [5, 5.41) is 4.91. The van der Waals surface area contributed by atoms with Gasteiger partial charge >= 0.3 is 0 Å². The Morgan fingerprint density at radius 2 is 2.31 bits per heavy atom. The van der Waals surface area contributed by atoms with E-state index in [0.29, 0.717) is 6.54 Å². The highest BCUT2D eigenvalue weighted by atomic mass is 32.2. The van der Waals surface area contributed by atoms with E-state index in [2.05, 4.69) is 15.1 Å². The van der Waals surface area contributed by atoms with Gasteiger partial charge in [-0.05, 0) is 11.6 Å². The third-order valence-corrected chi connectivity index (χ3v) is 3.29. The van der Waals surface area contributed by atoms with Crippen LogP contribution in [0.5, 0.6) is 0 Å². The fraction of sp³-hybridized carbons (Fsp3) is 0.300. The van der Waals surface area contributed by atoms with Gasteiger partial charge in [-0.2, -0.15) is 5.10 Å². The summed E-state index contributed by atoms with van der Waals surface area (Å²) in [5.74, 6) is 0.812. The number of pyridine rings is 1. The lowest BCUT2D eigenvalue weighted by Gasteiger charge is -2.05. The molecule has 16 heavy (non-hydrogen) atoms. The number of hydrogen-bond donors (Lipinski definition) is 1. The quantitative estimate of drug-likeness (QED) is 0.799. The molecule has 5 nitrogen and oxygen atoms in total. The molecule has 0 bridgehead atoms. The van der Waals surface area contributed by atoms with Gasteiger partial charge in [-0.25, -0.2) is 9.67 Å². The number of aromatic nitrogens is 4. The molecular weight excluding hydrogens is 222 g/mol. The predicted octanol–water partition coefficient (Wildman–Crippen LogP) is 0.961. The van der Waals surface area contributed by atoms with Crippen LogP contribution in [0.15, 0.2) is 29.8 Å². The number of nitrogens with zero attached hydrogens (tertiary/aromatic N) is 4. The van der Waals surface area contributed by atoms with Crippen molar-refractivity contribution in [3.8, 4) is 0 Å². The van der Waals surface area contributed by atoms with E-state index in [1.165, 1.54) is 0 Å². The average molecular weight is 235 g/mol. The van der Waals surface area contributed by atoms with E-state index >= 15 is 0 Å². The van der Waals surface area contributed by atoms with Crippen LogP contribution < -0.4 is 5.73 Å².